The first-order valence-electron chi connectivity index (χ1n) is 5.49. The predicted molar refractivity (Wildman–Crippen MR) is 66.3 cm³/mol. The zero-order chi connectivity index (χ0) is 11.8. The van der Waals surface area contributed by atoms with Crippen LogP contribution in [-0.2, 0) is 21.9 Å². The van der Waals surface area contributed by atoms with E-state index in [9.17, 15) is 8.42 Å². The highest BCUT2D eigenvalue weighted by Gasteiger charge is 2.53. The van der Waals surface area contributed by atoms with Gasteiger partial charge in [-0.1, -0.05) is 31.2 Å². The van der Waals surface area contributed by atoms with Crippen LogP contribution in [-0.4, -0.2) is 13.2 Å². The Balaban J connectivity index is 2.28. The molecule has 2 nitrogen and oxygen atoms in total. The molecule has 0 atom stereocenters. The van der Waals surface area contributed by atoms with Crippen LogP contribution < -0.4 is 0 Å². The Hall–Kier alpha value is -0.540. The summed E-state index contributed by atoms with van der Waals surface area (Å²) >= 11 is 0. The summed E-state index contributed by atoms with van der Waals surface area (Å²) in [5.74, 6) is 0. The standard InChI is InChI=1S/C12H15ClO2S/c1-2-10-5-3-4-6-11(10)9-12(7-8-12)16(13,14)15/h3-6H,2,7-9H2,1H3. The molecule has 16 heavy (non-hydrogen) atoms. The number of benzene rings is 1. The van der Waals surface area contributed by atoms with E-state index in [0.717, 1.165) is 12.0 Å². The highest BCUT2D eigenvalue weighted by atomic mass is 35.7. The van der Waals surface area contributed by atoms with Crippen LogP contribution >= 0.6 is 10.7 Å². The van der Waals surface area contributed by atoms with Crippen LogP contribution in [0.25, 0.3) is 0 Å². The summed E-state index contributed by atoms with van der Waals surface area (Å²) in [5.41, 5.74) is 2.33. The van der Waals surface area contributed by atoms with Crippen molar-refractivity contribution in [3.63, 3.8) is 0 Å². The topological polar surface area (TPSA) is 34.1 Å². The van der Waals surface area contributed by atoms with Crippen molar-refractivity contribution in [3.8, 4) is 0 Å². The van der Waals surface area contributed by atoms with Gasteiger partial charge in [0.2, 0.25) is 9.05 Å². The Kier molecular flexibility index (Phi) is 3.01. The van der Waals surface area contributed by atoms with Gasteiger partial charge in [0.25, 0.3) is 0 Å². The number of hydrogen-bond acceptors (Lipinski definition) is 2. The molecule has 88 valence electrons. The number of rotatable bonds is 4. The Bertz CT molecular complexity index is 489. The second-order valence-corrected chi connectivity index (χ2v) is 7.38. The van der Waals surface area contributed by atoms with Crippen LogP contribution in [0.4, 0.5) is 0 Å². The van der Waals surface area contributed by atoms with Gasteiger partial charge in [-0.15, -0.1) is 0 Å². The second-order valence-electron chi connectivity index (χ2n) is 4.42. The van der Waals surface area contributed by atoms with Crippen LogP contribution in [0, 0.1) is 0 Å². The smallest absolute Gasteiger partial charge is 0.212 e. The van der Waals surface area contributed by atoms with Crippen molar-refractivity contribution in [2.75, 3.05) is 0 Å². The number of aryl methyl sites for hydroxylation is 1. The average Bonchev–Trinajstić information content (AvgIpc) is 2.99. The molecule has 0 radical (unpaired) electrons. The molecule has 0 aromatic heterocycles. The van der Waals surface area contributed by atoms with Gasteiger partial charge >= 0.3 is 0 Å². The van der Waals surface area contributed by atoms with Crippen LogP contribution in [0.2, 0.25) is 0 Å². The fourth-order valence-corrected chi connectivity index (χ4v) is 3.61. The van der Waals surface area contributed by atoms with Gasteiger partial charge in [0.05, 0.1) is 4.75 Å². The Morgan fingerprint density at radius 3 is 2.25 bits per heavy atom. The monoisotopic (exact) mass is 258 g/mol. The molecule has 0 bridgehead atoms. The molecule has 4 heteroatoms. The fraction of sp³-hybridized carbons (Fsp3) is 0.500. The number of hydrogen-bond donors (Lipinski definition) is 0. The molecule has 1 aromatic carbocycles. The molecule has 0 spiro atoms. The normalized spacial score (nSPS) is 18.4. The summed E-state index contributed by atoms with van der Waals surface area (Å²) in [7, 11) is 2.06. The third kappa shape index (κ3) is 2.11. The molecule has 1 fully saturated rings. The molecule has 1 saturated carbocycles. The zero-order valence-electron chi connectivity index (χ0n) is 9.24. The predicted octanol–water partition coefficient (Wildman–Crippen LogP) is 2.89. The summed E-state index contributed by atoms with van der Waals surface area (Å²) in [4.78, 5) is 0. The van der Waals surface area contributed by atoms with E-state index >= 15 is 0 Å². The molecule has 0 unspecified atom stereocenters. The molecular formula is C12H15ClO2S. The van der Waals surface area contributed by atoms with Crippen molar-refractivity contribution in [1.82, 2.24) is 0 Å². The van der Waals surface area contributed by atoms with Gasteiger partial charge in [0, 0.05) is 10.7 Å². The summed E-state index contributed by atoms with van der Waals surface area (Å²) < 4.78 is 22.3. The van der Waals surface area contributed by atoms with Crippen LogP contribution in [0.15, 0.2) is 24.3 Å². The van der Waals surface area contributed by atoms with Gasteiger partial charge in [0.15, 0.2) is 0 Å². The lowest BCUT2D eigenvalue weighted by Crippen LogP contribution is -2.21. The summed E-state index contributed by atoms with van der Waals surface area (Å²) in [6.45, 7) is 2.08. The molecule has 0 aliphatic heterocycles. The third-order valence-corrected chi connectivity index (χ3v) is 5.91. The fourth-order valence-electron chi connectivity index (χ4n) is 2.07. The molecule has 1 aliphatic carbocycles. The van der Waals surface area contributed by atoms with E-state index in [4.69, 9.17) is 10.7 Å². The lowest BCUT2D eigenvalue weighted by molar-refractivity contribution is 0.590. The lowest BCUT2D eigenvalue weighted by atomic mass is 10.0. The van der Waals surface area contributed by atoms with Crippen molar-refractivity contribution in [1.29, 1.82) is 0 Å². The van der Waals surface area contributed by atoms with E-state index in [-0.39, 0.29) is 0 Å². The van der Waals surface area contributed by atoms with E-state index in [1.54, 1.807) is 0 Å². The minimum atomic E-state index is -3.44. The van der Waals surface area contributed by atoms with E-state index in [1.165, 1.54) is 5.56 Å². The van der Waals surface area contributed by atoms with Crippen molar-refractivity contribution in [3.05, 3.63) is 35.4 Å². The molecule has 0 saturated heterocycles. The van der Waals surface area contributed by atoms with Gasteiger partial charge in [-0.05, 0) is 36.8 Å². The van der Waals surface area contributed by atoms with Crippen LogP contribution in [0.5, 0.6) is 0 Å². The first-order valence-corrected chi connectivity index (χ1v) is 7.80. The summed E-state index contributed by atoms with van der Waals surface area (Å²) in [6.07, 6.45) is 2.87. The van der Waals surface area contributed by atoms with Crippen molar-refractivity contribution in [2.24, 2.45) is 0 Å². The Morgan fingerprint density at radius 1 is 1.25 bits per heavy atom. The maximum atomic E-state index is 11.5. The van der Waals surface area contributed by atoms with Gasteiger partial charge in [-0.25, -0.2) is 8.42 Å². The molecule has 0 amide bonds. The highest BCUT2D eigenvalue weighted by molar-refractivity contribution is 8.15. The second kappa shape index (κ2) is 4.04. The highest BCUT2D eigenvalue weighted by Crippen LogP contribution is 2.48. The average molecular weight is 259 g/mol. The minimum absolute atomic E-state index is 0.558. The van der Waals surface area contributed by atoms with Crippen molar-refractivity contribution >= 4 is 19.7 Å². The van der Waals surface area contributed by atoms with Crippen molar-refractivity contribution in [2.45, 2.75) is 37.4 Å². The molecule has 1 aliphatic rings. The largest absolute Gasteiger partial charge is 0.238 e. The van der Waals surface area contributed by atoms with Gasteiger partial charge < -0.3 is 0 Å². The SMILES string of the molecule is CCc1ccccc1CC1(S(=O)(=O)Cl)CC1. The summed E-state index contributed by atoms with van der Waals surface area (Å²) in [6, 6.07) is 7.98. The first kappa shape index (κ1) is 11.9. The van der Waals surface area contributed by atoms with E-state index in [2.05, 4.69) is 6.92 Å². The molecule has 2 rings (SSSR count). The van der Waals surface area contributed by atoms with Gasteiger partial charge in [-0.3, -0.25) is 0 Å². The van der Waals surface area contributed by atoms with E-state index in [0.29, 0.717) is 19.3 Å². The summed E-state index contributed by atoms with van der Waals surface area (Å²) in [5, 5.41) is 0. The lowest BCUT2D eigenvalue weighted by Gasteiger charge is -2.14. The minimum Gasteiger partial charge on any atom is -0.212 e. The van der Waals surface area contributed by atoms with E-state index in [1.807, 2.05) is 24.3 Å². The van der Waals surface area contributed by atoms with E-state index < -0.39 is 13.8 Å². The molecule has 0 heterocycles. The molecule has 0 N–H and O–H groups in total. The van der Waals surface area contributed by atoms with Gasteiger partial charge in [0.1, 0.15) is 0 Å². The molecule has 1 aromatic rings. The zero-order valence-corrected chi connectivity index (χ0v) is 10.8. The Morgan fingerprint density at radius 2 is 1.81 bits per heavy atom. The maximum Gasteiger partial charge on any atom is 0.238 e. The quantitative estimate of drug-likeness (QED) is 0.779. The van der Waals surface area contributed by atoms with Crippen LogP contribution in [0.3, 0.4) is 0 Å². The van der Waals surface area contributed by atoms with Crippen molar-refractivity contribution < 1.29 is 8.42 Å². The van der Waals surface area contributed by atoms with Crippen LogP contribution in [0.1, 0.15) is 30.9 Å². The Labute approximate surface area is 101 Å². The third-order valence-electron chi connectivity index (χ3n) is 3.34. The molecular weight excluding hydrogens is 244 g/mol. The number of halogens is 1. The van der Waals surface area contributed by atoms with Gasteiger partial charge in [-0.2, -0.15) is 0 Å². The maximum absolute atomic E-state index is 11.5. The first-order chi connectivity index (χ1) is 7.48.